The quantitative estimate of drug-likeness (QED) is 0.536. The highest BCUT2D eigenvalue weighted by Crippen LogP contribution is 2.27. The summed E-state index contributed by atoms with van der Waals surface area (Å²) >= 11 is 0. The second-order valence-electron chi connectivity index (χ2n) is 5.86. The number of ether oxygens (including phenoxy) is 1. The van der Waals surface area contributed by atoms with E-state index in [9.17, 15) is 5.11 Å². The van der Waals surface area contributed by atoms with Crippen molar-refractivity contribution in [1.82, 2.24) is 4.98 Å². The molecule has 0 fully saturated rings. The van der Waals surface area contributed by atoms with Crippen molar-refractivity contribution in [1.29, 1.82) is 0 Å². The van der Waals surface area contributed by atoms with Gasteiger partial charge in [0.1, 0.15) is 0 Å². The zero-order chi connectivity index (χ0) is 17.8. The molecule has 0 aliphatic rings. The number of rotatable bonds is 5. The zero-order valence-electron chi connectivity index (χ0n) is 14.6. The first-order valence-electron chi connectivity index (χ1n) is 8.19. The molecule has 0 spiro atoms. The minimum atomic E-state index is 0.123. The summed E-state index contributed by atoms with van der Waals surface area (Å²) in [6, 6.07) is 13.3. The molecular formula is C20H21N3O2. The Morgan fingerprint density at radius 3 is 2.80 bits per heavy atom. The molecule has 3 rings (SSSR count). The molecule has 0 saturated heterocycles. The zero-order valence-corrected chi connectivity index (χ0v) is 14.6. The smallest absolute Gasteiger partial charge is 0.161 e. The second kappa shape index (κ2) is 7.21. The summed E-state index contributed by atoms with van der Waals surface area (Å²) in [6.45, 7) is 6.38. The van der Waals surface area contributed by atoms with Crippen LogP contribution in [0.5, 0.6) is 11.5 Å². The molecule has 2 N–H and O–H groups in total. The van der Waals surface area contributed by atoms with E-state index < -0.39 is 0 Å². The van der Waals surface area contributed by atoms with Gasteiger partial charge < -0.3 is 9.84 Å². The summed E-state index contributed by atoms with van der Waals surface area (Å²) in [5, 5.41) is 15.1. The molecule has 1 aromatic heterocycles. The molecule has 3 aromatic rings. The van der Waals surface area contributed by atoms with Gasteiger partial charge in [-0.3, -0.25) is 10.4 Å². The number of hydrogen-bond donors (Lipinski definition) is 2. The number of nitrogens with one attached hydrogen (secondary N) is 1. The van der Waals surface area contributed by atoms with Gasteiger partial charge in [0.05, 0.1) is 24.0 Å². The third-order valence-electron chi connectivity index (χ3n) is 3.77. The Labute approximate surface area is 147 Å². The molecule has 5 heteroatoms. The summed E-state index contributed by atoms with van der Waals surface area (Å²) in [4.78, 5) is 4.55. The normalized spacial score (nSPS) is 11.2. The molecule has 0 amide bonds. The van der Waals surface area contributed by atoms with Crippen LogP contribution in [-0.4, -0.2) is 22.9 Å². The number of aryl methyl sites for hydroxylation is 2. The fourth-order valence-corrected chi connectivity index (χ4v) is 2.62. The van der Waals surface area contributed by atoms with Crippen molar-refractivity contribution in [2.24, 2.45) is 5.10 Å². The molecule has 0 radical (unpaired) electrons. The fourth-order valence-electron chi connectivity index (χ4n) is 2.62. The van der Waals surface area contributed by atoms with Gasteiger partial charge in [0.25, 0.3) is 0 Å². The molecule has 128 valence electrons. The van der Waals surface area contributed by atoms with Crippen LogP contribution in [0.3, 0.4) is 0 Å². The van der Waals surface area contributed by atoms with E-state index >= 15 is 0 Å². The standard InChI is InChI=1S/C20H21N3O2/c1-4-25-20-11-15(6-8-19(20)24)12-21-23-18-10-14(3)22-17-7-5-13(2)9-16(17)18/h5-12,24H,4H2,1-3H3,(H,22,23)/b21-12-. The molecule has 0 atom stereocenters. The molecule has 0 aliphatic heterocycles. The van der Waals surface area contributed by atoms with Crippen molar-refractivity contribution in [2.75, 3.05) is 12.0 Å². The van der Waals surface area contributed by atoms with Gasteiger partial charge in [-0.15, -0.1) is 0 Å². The number of phenols is 1. The fraction of sp³-hybridized carbons (Fsp3) is 0.200. The summed E-state index contributed by atoms with van der Waals surface area (Å²) in [5.74, 6) is 0.575. The highest BCUT2D eigenvalue weighted by molar-refractivity contribution is 5.92. The summed E-state index contributed by atoms with van der Waals surface area (Å²) in [6.07, 6.45) is 1.69. The van der Waals surface area contributed by atoms with Crippen molar-refractivity contribution in [3.8, 4) is 11.5 Å². The molecule has 0 saturated carbocycles. The van der Waals surface area contributed by atoms with Gasteiger partial charge in [0, 0.05) is 11.1 Å². The number of aromatic nitrogens is 1. The number of phenolic OH excluding ortho intramolecular Hbond substituents is 1. The lowest BCUT2D eigenvalue weighted by molar-refractivity contribution is 0.318. The van der Waals surface area contributed by atoms with Crippen molar-refractivity contribution < 1.29 is 9.84 Å². The Morgan fingerprint density at radius 1 is 1.16 bits per heavy atom. The predicted molar refractivity (Wildman–Crippen MR) is 102 cm³/mol. The number of nitrogens with zero attached hydrogens (tertiary/aromatic N) is 2. The van der Waals surface area contributed by atoms with E-state index in [4.69, 9.17) is 4.74 Å². The molecule has 25 heavy (non-hydrogen) atoms. The average Bonchev–Trinajstić information content (AvgIpc) is 2.58. The Bertz CT molecular complexity index is 936. The van der Waals surface area contributed by atoms with Crippen LogP contribution in [0.15, 0.2) is 47.6 Å². The number of hydrazone groups is 1. The lowest BCUT2D eigenvalue weighted by atomic mass is 10.1. The maximum absolute atomic E-state index is 9.75. The van der Waals surface area contributed by atoms with E-state index in [1.807, 2.05) is 32.0 Å². The van der Waals surface area contributed by atoms with Gasteiger partial charge in [-0.25, -0.2) is 0 Å². The first-order valence-corrected chi connectivity index (χ1v) is 8.19. The molecular weight excluding hydrogens is 314 g/mol. The van der Waals surface area contributed by atoms with Crippen molar-refractivity contribution in [3.63, 3.8) is 0 Å². The summed E-state index contributed by atoms with van der Waals surface area (Å²) in [7, 11) is 0. The van der Waals surface area contributed by atoms with Crippen LogP contribution >= 0.6 is 0 Å². The maximum Gasteiger partial charge on any atom is 0.161 e. The number of hydrogen-bond acceptors (Lipinski definition) is 5. The SMILES string of the molecule is CCOc1cc(/C=N\Nc2cc(C)nc3ccc(C)cc23)ccc1O. The number of fused-ring (bicyclic) bond motifs is 1. The monoisotopic (exact) mass is 335 g/mol. The van der Waals surface area contributed by atoms with Gasteiger partial charge in [0.2, 0.25) is 0 Å². The molecule has 0 aliphatic carbocycles. The van der Waals surface area contributed by atoms with Crippen molar-refractivity contribution in [3.05, 3.63) is 59.3 Å². The molecule has 2 aromatic carbocycles. The summed E-state index contributed by atoms with van der Waals surface area (Å²) in [5.41, 5.74) is 7.87. The van der Waals surface area contributed by atoms with E-state index in [1.165, 1.54) is 5.56 Å². The van der Waals surface area contributed by atoms with E-state index in [-0.39, 0.29) is 5.75 Å². The van der Waals surface area contributed by atoms with Crippen LogP contribution in [0.4, 0.5) is 5.69 Å². The van der Waals surface area contributed by atoms with Gasteiger partial charge in [-0.2, -0.15) is 5.10 Å². The van der Waals surface area contributed by atoms with E-state index in [2.05, 4.69) is 28.5 Å². The molecule has 5 nitrogen and oxygen atoms in total. The topological polar surface area (TPSA) is 66.7 Å². The number of benzene rings is 2. The van der Waals surface area contributed by atoms with E-state index in [0.29, 0.717) is 12.4 Å². The Kier molecular flexibility index (Phi) is 4.84. The first-order chi connectivity index (χ1) is 12.1. The van der Waals surface area contributed by atoms with Crippen LogP contribution in [0.1, 0.15) is 23.7 Å². The Balaban J connectivity index is 1.86. The highest BCUT2D eigenvalue weighted by Gasteiger charge is 2.04. The van der Waals surface area contributed by atoms with Gasteiger partial charge in [0.15, 0.2) is 11.5 Å². The largest absolute Gasteiger partial charge is 0.504 e. The lowest BCUT2D eigenvalue weighted by Crippen LogP contribution is -1.96. The average molecular weight is 335 g/mol. The predicted octanol–water partition coefficient (Wildman–Crippen LogP) is 4.40. The molecule has 0 unspecified atom stereocenters. The minimum Gasteiger partial charge on any atom is -0.504 e. The Hall–Kier alpha value is -3.08. The second-order valence-corrected chi connectivity index (χ2v) is 5.86. The van der Waals surface area contributed by atoms with Crippen LogP contribution in [0.2, 0.25) is 0 Å². The van der Waals surface area contributed by atoms with Crippen molar-refractivity contribution in [2.45, 2.75) is 20.8 Å². The van der Waals surface area contributed by atoms with E-state index in [0.717, 1.165) is 27.8 Å². The third kappa shape index (κ3) is 3.88. The molecule has 0 bridgehead atoms. The van der Waals surface area contributed by atoms with Crippen LogP contribution in [0.25, 0.3) is 10.9 Å². The number of anilines is 1. The van der Waals surface area contributed by atoms with Crippen molar-refractivity contribution >= 4 is 22.8 Å². The third-order valence-corrected chi connectivity index (χ3v) is 3.77. The number of pyridine rings is 1. The first kappa shape index (κ1) is 16.8. The van der Waals surface area contributed by atoms with Gasteiger partial charge >= 0.3 is 0 Å². The minimum absolute atomic E-state index is 0.123. The lowest BCUT2D eigenvalue weighted by Gasteiger charge is -2.08. The van der Waals surface area contributed by atoms with Crippen LogP contribution in [0, 0.1) is 13.8 Å². The molecule has 1 heterocycles. The highest BCUT2D eigenvalue weighted by atomic mass is 16.5. The Morgan fingerprint density at radius 2 is 2.00 bits per heavy atom. The van der Waals surface area contributed by atoms with Crippen LogP contribution in [-0.2, 0) is 0 Å². The van der Waals surface area contributed by atoms with Gasteiger partial charge in [-0.05, 0) is 62.7 Å². The van der Waals surface area contributed by atoms with E-state index in [1.54, 1.807) is 24.4 Å². The van der Waals surface area contributed by atoms with Crippen LogP contribution < -0.4 is 10.2 Å². The summed E-state index contributed by atoms with van der Waals surface area (Å²) < 4.78 is 5.39. The number of aromatic hydroxyl groups is 1. The maximum atomic E-state index is 9.75. The van der Waals surface area contributed by atoms with Gasteiger partial charge in [-0.1, -0.05) is 11.6 Å².